The molecule has 1 N–H and O–H groups in total. The molecule has 3 aromatic rings. The highest BCUT2D eigenvalue weighted by Gasteiger charge is 2.33. The van der Waals surface area contributed by atoms with Crippen LogP contribution in [0.5, 0.6) is 17.2 Å². The Kier molecular flexibility index (Phi) is 10.8. The van der Waals surface area contributed by atoms with Gasteiger partial charge in [-0.15, -0.1) is 0 Å². The van der Waals surface area contributed by atoms with Gasteiger partial charge in [-0.25, -0.2) is 12.8 Å². The number of methoxy groups -OCH3 is 3. The van der Waals surface area contributed by atoms with Crippen molar-refractivity contribution in [1.29, 1.82) is 0 Å². The van der Waals surface area contributed by atoms with Crippen LogP contribution in [0.2, 0.25) is 0 Å². The summed E-state index contributed by atoms with van der Waals surface area (Å²) in [4.78, 5) is 28.1. The summed E-state index contributed by atoms with van der Waals surface area (Å²) in [5.41, 5.74) is 0.725. The predicted octanol–water partition coefficient (Wildman–Crippen LogP) is 3.99. The van der Waals surface area contributed by atoms with Crippen molar-refractivity contribution in [3.05, 3.63) is 78.1 Å². The maximum absolute atomic E-state index is 14.0. The molecule has 0 heterocycles. The topological polar surface area (TPSA) is 114 Å². The summed E-state index contributed by atoms with van der Waals surface area (Å²) in [7, 11) is -0.0898. The average molecular weight is 602 g/mol. The van der Waals surface area contributed by atoms with E-state index in [1.54, 1.807) is 45.0 Å². The van der Waals surface area contributed by atoms with E-state index in [2.05, 4.69) is 5.32 Å². The standard InChI is InChI=1S/C30H36FN3O7S/c1-20(2)32-30(36)21(3)33(18-22-8-7-9-25(16-22)39-4)29(35)19-34(24-12-10-23(31)11-13-24)42(37,38)26-14-15-27(40-5)28(17-26)41-6/h7-17,20-21H,18-19H2,1-6H3,(H,32,36). The van der Waals surface area contributed by atoms with Crippen molar-refractivity contribution in [2.24, 2.45) is 0 Å². The summed E-state index contributed by atoms with van der Waals surface area (Å²) in [6.45, 7) is 4.48. The SMILES string of the molecule is COc1cccc(CN(C(=O)CN(c2ccc(F)cc2)S(=O)(=O)c2ccc(OC)c(OC)c2)C(C)C(=O)NC(C)C)c1. The molecular weight excluding hydrogens is 565 g/mol. The molecule has 10 nitrogen and oxygen atoms in total. The summed E-state index contributed by atoms with van der Waals surface area (Å²) < 4.78 is 58.5. The second-order valence-corrected chi connectivity index (χ2v) is 11.6. The van der Waals surface area contributed by atoms with Crippen molar-refractivity contribution in [1.82, 2.24) is 10.2 Å². The smallest absolute Gasteiger partial charge is 0.264 e. The summed E-state index contributed by atoms with van der Waals surface area (Å²) in [6.07, 6.45) is 0. The Morgan fingerprint density at radius 3 is 2.14 bits per heavy atom. The number of benzene rings is 3. The van der Waals surface area contributed by atoms with Crippen LogP contribution < -0.4 is 23.8 Å². The van der Waals surface area contributed by atoms with Gasteiger partial charge in [-0.3, -0.25) is 13.9 Å². The molecule has 0 saturated heterocycles. The molecule has 1 unspecified atom stereocenters. The van der Waals surface area contributed by atoms with E-state index in [1.165, 1.54) is 56.6 Å². The maximum Gasteiger partial charge on any atom is 0.264 e. The van der Waals surface area contributed by atoms with Crippen LogP contribution in [0, 0.1) is 5.82 Å². The summed E-state index contributed by atoms with van der Waals surface area (Å²) in [6, 6.07) is 14.6. The van der Waals surface area contributed by atoms with Gasteiger partial charge < -0.3 is 24.4 Å². The number of carbonyl (C=O) groups excluding carboxylic acids is 2. The van der Waals surface area contributed by atoms with Gasteiger partial charge in [-0.2, -0.15) is 0 Å². The van der Waals surface area contributed by atoms with Crippen LogP contribution in [0.3, 0.4) is 0 Å². The van der Waals surface area contributed by atoms with Gasteiger partial charge in [0.15, 0.2) is 11.5 Å². The van der Waals surface area contributed by atoms with Crippen molar-refractivity contribution in [3.63, 3.8) is 0 Å². The van der Waals surface area contributed by atoms with Crippen LogP contribution in [-0.2, 0) is 26.2 Å². The van der Waals surface area contributed by atoms with Crippen molar-refractivity contribution < 1.29 is 36.6 Å². The summed E-state index contributed by atoms with van der Waals surface area (Å²) >= 11 is 0. The molecule has 226 valence electrons. The number of hydrogen-bond donors (Lipinski definition) is 1. The van der Waals surface area contributed by atoms with Crippen LogP contribution in [-0.4, -0.2) is 65.1 Å². The number of amides is 2. The molecule has 2 amide bonds. The molecule has 0 bridgehead atoms. The Labute approximate surface area is 246 Å². The van der Waals surface area contributed by atoms with E-state index in [-0.39, 0.29) is 28.9 Å². The third-order valence-corrected chi connectivity index (χ3v) is 8.19. The number of sulfonamides is 1. The highest BCUT2D eigenvalue weighted by atomic mass is 32.2. The van der Waals surface area contributed by atoms with E-state index in [0.717, 1.165) is 16.4 Å². The Balaban J connectivity index is 2.07. The molecule has 0 fully saturated rings. The quantitative estimate of drug-likeness (QED) is 0.315. The second-order valence-electron chi connectivity index (χ2n) is 9.72. The second kappa shape index (κ2) is 14.0. The fraction of sp³-hybridized carbons (Fsp3) is 0.333. The first kappa shape index (κ1) is 32.2. The Morgan fingerprint density at radius 2 is 1.55 bits per heavy atom. The molecule has 42 heavy (non-hydrogen) atoms. The van der Waals surface area contributed by atoms with Crippen molar-refractivity contribution in [2.75, 3.05) is 32.2 Å². The number of nitrogens with one attached hydrogen (secondary N) is 1. The van der Waals surface area contributed by atoms with E-state index >= 15 is 0 Å². The molecule has 0 aliphatic heterocycles. The lowest BCUT2D eigenvalue weighted by Gasteiger charge is -2.32. The van der Waals surface area contributed by atoms with Crippen LogP contribution in [0.15, 0.2) is 71.6 Å². The Bertz CT molecular complexity index is 1500. The van der Waals surface area contributed by atoms with Gasteiger partial charge in [0.05, 0.1) is 31.9 Å². The molecule has 0 aliphatic carbocycles. The van der Waals surface area contributed by atoms with Gasteiger partial charge in [0.2, 0.25) is 11.8 Å². The van der Waals surface area contributed by atoms with E-state index in [1.807, 2.05) is 0 Å². The molecular formula is C30H36FN3O7S. The van der Waals surface area contributed by atoms with Crippen LogP contribution in [0.1, 0.15) is 26.3 Å². The minimum Gasteiger partial charge on any atom is -0.497 e. The zero-order chi connectivity index (χ0) is 31.0. The zero-order valence-electron chi connectivity index (χ0n) is 24.5. The van der Waals surface area contributed by atoms with E-state index in [4.69, 9.17) is 14.2 Å². The first-order valence-electron chi connectivity index (χ1n) is 13.1. The molecule has 0 spiro atoms. The lowest BCUT2D eigenvalue weighted by atomic mass is 10.1. The number of nitrogens with zero attached hydrogens (tertiary/aromatic N) is 2. The fourth-order valence-corrected chi connectivity index (χ4v) is 5.63. The Morgan fingerprint density at radius 1 is 0.881 bits per heavy atom. The van der Waals surface area contributed by atoms with E-state index in [9.17, 15) is 22.4 Å². The first-order chi connectivity index (χ1) is 19.9. The average Bonchev–Trinajstić information content (AvgIpc) is 2.97. The number of halogens is 1. The molecule has 0 aliphatic rings. The third kappa shape index (κ3) is 7.69. The van der Waals surface area contributed by atoms with Gasteiger partial charge in [0, 0.05) is 18.7 Å². The molecule has 0 saturated carbocycles. The van der Waals surface area contributed by atoms with E-state index in [0.29, 0.717) is 17.1 Å². The minimum absolute atomic E-state index is 0.00359. The molecule has 0 radical (unpaired) electrons. The molecule has 0 aromatic heterocycles. The Hall–Kier alpha value is -4.32. The van der Waals surface area contributed by atoms with Crippen LogP contribution in [0.4, 0.5) is 10.1 Å². The monoisotopic (exact) mass is 601 g/mol. The zero-order valence-corrected chi connectivity index (χ0v) is 25.3. The molecule has 1 atom stereocenters. The van der Waals surface area contributed by atoms with Gasteiger partial charge in [0.1, 0.15) is 24.2 Å². The van der Waals surface area contributed by atoms with Gasteiger partial charge in [-0.05, 0) is 74.9 Å². The van der Waals surface area contributed by atoms with Crippen molar-refractivity contribution in [3.8, 4) is 17.2 Å². The number of anilines is 1. The van der Waals surface area contributed by atoms with Gasteiger partial charge in [0.25, 0.3) is 10.0 Å². The number of ether oxygens (including phenoxy) is 3. The highest BCUT2D eigenvalue weighted by Crippen LogP contribution is 2.32. The number of rotatable bonds is 13. The van der Waals surface area contributed by atoms with Crippen LogP contribution >= 0.6 is 0 Å². The number of carbonyl (C=O) groups is 2. The predicted molar refractivity (Wildman–Crippen MR) is 157 cm³/mol. The van der Waals surface area contributed by atoms with E-state index < -0.39 is 40.2 Å². The van der Waals surface area contributed by atoms with Gasteiger partial charge >= 0.3 is 0 Å². The fourth-order valence-electron chi connectivity index (χ4n) is 4.20. The molecule has 12 heteroatoms. The molecule has 3 rings (SSSR count). The molecule has 3 aromatic carbocycles. The highest BCUT2D eigenvalue weighted by molar-refractivity contribution is 7.92. The van der Waals surface area contributed by atoms with Crippen molar-refractivity contribution in [2.45, 2.75) is 44.3 Å². The lowest BCUT2D eigenvalue weighted by Crippen LogP contribution is -2.52. The number of hydrogen-bond acceptors (Lipinski definition) is 7. The largest absolute Gasteiger partial charge is 0.497 e. The maximum atomic E-state index is 14.0. The minimum atomic E-state index is -4.39. The summed E-state index contributed by atoms with van der Waals surface area (Å²) in [5.74, 6) is -0.594. The summed E-state index contributed by atoms with van der Waals surface area (Å²) in [5, 5.41) is 2.80. The van der Waals surface area contributed by atoms with Crippen LogP contribution in [0.25, 0.3) is 0 Å². The first-order valence-corrected chi connectivity index (χ1v) is 14.6. The third-order valence-electron chi connectivity index (χ3n) is 6.42. The normalized spacial score (nSPS) is 11.9. The van der Waals surface area contributed by atoms with Gasteiger partial charge in [-0.1, -0.05) is 12.1 Å². The van der Waals surface area contributed by atoms with Crippen molar-refractivity contribution >= 4 is 27.5 Å². The lowest BCUT2D eigenvalue weighted by molar-refractivity contribution is -0.139.